The molecule has 16 heavy (non-hydrogen) atoms. The van der Waals surface area contributed by atoms with Gasteiger partial charge in [-0.15, -0.1) is 0 Å². The van der Waals surface area contributed by atoms with Gasteiger partial charge in [0.05, 0.1) is 0 Å². The molecule has 0 aromatic carbocycles. The molecule has 0 aliphatic rings. The summed E-state index contributed by atoms with van der Waals surface area (Å²) in [7, 11) is 4.14. The first kappa shape index (κ1) is 15.2. The van der Waals surface area contributed by atoms with Crippen LogP contribution in [0.5, 0.6) is 0 Å². The molecule has 0 bridgehead atoms. The van der Waals surface area contributed by atoms with Crippen molar-refractivity contribution in [1.82, 2.24) is 0 Å². The first-order valence-electron chi connectivity index (χ1n) is 5.90. The Bertz CT molecular complexity index is 270. The van der Waals surface area contributed by atoms with Gasteiger partial charge >= 0.3 is 0 Å². The van der Waals surface area contributed by atoms with Crippen molar-refractivity contribution < 1.29 is 17.0 Å². The molecular formula is C13H23ClN2. The van der Waals surface area contributed by atoms with Crippen LogP contribution in [0.4, 0.5) is 5.69 Å². The van der Waals surface area contributed by atoms with Crippen LogP contribution in [0.25, 0.3) is 0 Å². The SMILES string of the molecule is CCCCCC[n+]1ccc(N(C)C)cc1.[Cl-]. The molecule has 0 saturated heterocycles. The van der Waals surface area contributed by atoms with Crippen molar-refractivity contribution in [1.29, 1.82) is 0 Å². The molecule has 0 spiro atoms. The molecule has 0 aliphatic heterocycles. The van der Waals surface area contributed by atoms with Crippen molar-refractivity contribution in [2.45, 2.75) is 39.2 Å². The van der Waals surface area contributed by atoms with Gasteiger partial charge in [-0.2, -0.15) is 0 Å². The number of unbranched alkanes of at least 4 members (excludes halogenated alkanes) is 3. The Labute approximate surface area is 106 Å². The second-order valence-electron chi connectivity index (χ2n) is 4.25. The van der Waals surface area contributed by atoms with Gasteiger partial charge in [0.1, 0.15) is 6.54 Å². The van der Waals surface area contributed by atoms with E-state index in [1.165, 1.54) is 31.4 Å². The third-order valence-corrected chi connectivity index (χ3v) is 2.66. The largest absolute Gasteiger partial charge is 1.00 e. The second-order valence-corrected chi connectivity index (χ2v) is 4.25. The van der Waals surface area contributed by atoms with Gasteiger partial charge in [-0.1, -0.05) is 19.8 Å². The number of aromatic nitrogens is 1. The van der Waals surface area contributed by atoms with E-state index < -0.39 is 0 Å². The van der Waals surface area contributed by atoms with E-state index in [1.54, 1.807) is 0 Å². The van der Waals surface area contributed by atoms with Gasteiger partial charge < -0.3 is 17.3 Å². The molecule has 3 heteroatoms. The first-order chi connectivity index (χ1) is 7.24. The Morgan fingerprint density at radius 1 is 1.06 bits per heavy atom. The van der Waals surface area contributed by atoms with Crippen LogP contribution in [0, 0.1) is 0 Å². The lowest BCUT2D eigenvalue weighted by atomic mass is 10.2. The van der Waals surface area contributed by atoms with Gasteiger partial charge in [-0.3, -0.25) is 0 Å². The topological polar surface area (TPSA) is 7.12 Å². The fourth-order valence-electron chi connectivity index (χ4n) is 1.62. The van der Waals surface area contributed by atoms with Crippen LogP contribution in [0.1, 0.15) is 32.6 Å². The summed E-state index contributed by atoms with van der Waals surface area (Å²) in [6.45, 7) is 3.40. The van der Waals surface area contributed by atoms with Gasteiger partial charge in [0, 0.05) is 38.3 Å². The molecule has 0 amide bonds. The molecular weight excluding hydrogens is 220 g/mol. The zero-order chi connectivity index (χ0) is 11.1. The maximum absolute atomic E-state index is 2.27. The molecule has 0 aliphatic carbocycles. The van der Waals surface area contributed by atoms with Crippen LogP contribution in [0.15, 0.2) is 24.5 Å². The molecule has 1 heterocycles. The zero-order valence-electron chi connectivity index (χ0n) is 10.6. The third-order valence-electron chi connectivity index (χ3n) is 2.66. The maximum atomic E-state index is 2.27. The number of aryl methyl sites for hydroxylation is 1. The van der Waals surface area contributed by atoms with Gasteiger partial charge in [-0.05, 0) is 6.42 Å². The summed E-state index contributed by atoms with van der Waals surface area (Å²) in [6.07, 6.45) is 9.64. The summed E-state index contributed by atoms with van der Waals surface area (Å²) in [4.78, 5) is 2.13. The van der Waals surface area contributed by atoms with Crippen LogP contribution in [0.2, 0.25) is 0 Å². The number of hydrogen-bond acceptors (Lipinski definition) is 1. The quantitative estimate of drug-likeness (QED) is 0.488. The average molecular weight is 243 g/mol. The molecule has 2 nitrogen and oxygen atoms in total. The van der Waals surface area contributed by atoms with Crippen molar-refractivity contribution >= 4 is 5.69 Å². The molecule has 1 rings (SSSR count). The van der Waals surface area contributed by atoms with Crippen LogP contribution in [-0.2, 0) is 6.54 Å². The maximum Gasteiger partial charge on any atom is 0.170 e. The Morgan fingerprint density at radius 2 is 1.69 bits per heavy atom. The van der Waals surface area contributed by atoms with Gasteiger partial charge in [0.15, 0.2) is 12.4 Å². The first-order valence-corrected chi connectivity index (χ1v) is 5.90. The van der Waals surface area contributed by atoms with E-state index in [9.17, 15) is 0 Å². The van der Waals surface area contributed by atoms with Crippen LogP contribution in [0.3, 0.4) is 0 Å². The lowest BCUT2D eigenvalue weighted by Crippen LogP contribution is -3.00. The fraction of sp³-hybridized carbons (Fsp3) is 0.615. The van der Waals surface area contributed by atoms with E-state index in [1.807, 2.05) is 0 Å². The fourth-order valence-corrected chi connectivity index (χ4v) is 1.62. The van der Waals surface area contributed by atoms with Crippen molar-refractivity contribution in [3.05, 3.63) is 24.5 Å². The van der Waals surface area contributed by atoms with E-state index in [0.717, 1.165) is 6.54 Å². The van der Waals surface area contributed by atoms with Crippen molar-refractivity contribution in [2.24, 2.45) is 0 Å². The summed E-state index contributed by atoms with van der Waals surface area (Å²) < 4.78 is 2.27. The highest BCUT2D eigenvalue weighted by atomic mass is 35.5. The molecule has 1 aromatic rings. The predicted molar refractivity (Wildman–Crippen MR) is 65.1 cm³/mol. The number of rotatable bonds is 6. The van der Waals surface area contributed by atoms with E-state index in [2.05, 4.69) is 55.0 Å². The van der Waals surface area contributed by atoms with Crippen LogP contribution in [-0.4, -0.2) is 14.1 Å². The van der Waals surface area contributed by atoms with Crippen LogP contribution >= 0.6 is 0 Å². The summed E-state index contributed by atoms with van der Waals surface area (Å²) in [5, 5.41) is 0. The minimum Gasteiger partial charge on any atom is -1.00 e. The Balaban J connectivity index is 0.00000225. The number of hydrogen-bond donors (Lipinski definition) is 0. The highest BCUT2D eigenvalue weighted by Gasteiger charge is 2.01. The lowest BCUT2D eigenvalue weighted by Gasteiger charge is -2.10. The highest BCUT2D eigenvalue weighted by Crippen LogP contribution is 2.06. The van der Waals surface area contributed by atoms with Crippen molar-refractivity contribution in [2.75, 3.05) is 19.0 Å². The van der Waals surface area contributed by atoms with Crippen molar-refractivity contribution in [3.63, 3.8) is 0 Å². The number of halogens is 1. The molecule has 0 atom stereocenters. The highest BCUT2D eigenvalue weighted by molar-refractivity contribution is 5.41. The molecule has 0 fully saturated rings. The normalized spacial score (nSPS) is 9.69. The molecule has 0 unspecified atom stereocenters. The van der Waals surface area contributed by atoms with Crippen molar-refractivity contribution in [3.8, 4) is 0 Å². The number of nitrogens with zero attached hydrogens (tertiary/aromatic N) is 2. The zero-order valence-corrected chi connectivity index (χ0v) is 11.4. The molecule has 92 valence electrons. The van der Waals surface area contributed by atoms with Gasteiger partial charge in [-0.25, -0.2) is 4.57 Å². The summed E-state index contributed by atoms with van der Waals surface area (Å²) in [5.74, 6) is 0. The Kier molecular flexibility index (Phi) is 8.00. The Morgan fingerprint density at radius 3 is 2.19 bits per heavy atom. The third kappa shape index (κ3) is 5.36. The molecule has 1 aromatic heterocycles. The minimum absolute atomic E-state index is 0. The average Bonchev–Trinajstić information content (AvgIpc) is 2.25. The summed E-state index contributed by atoms with van der Waals surface area (Å²) in [6, 6.07) is 4.33. The predicted octanol–water partition coefficient (Wildman–Crippen LogP) is -0.376. The molecule has 0 saturated carbocycles. The Hall–Kier alpha value is -0.760. The molecule has 0 N–H and O–H groups in total. The van der Waals surface area contributed by atoms with Gasteiger partial charge in [0.25, 0.3) is 0 Å². The summed E-state index contributed by atoms with van der Waals surface area (Å²) >= 11 is 0. The minimum atomic E-state index is 0. The second kappa shape index (κ2) is 8.40. The van der Waals surface area contributed by atoms with E-state index in [4.69, 9.17) is 0 Å². The lowest BCUT2D eigenvalue weighted by molar-refractivity contribution is -0.697. The van der Waals surface area contributed by atoms with E-state index >= 15 is 0 Å². The van der Waals surface area contributed by atoms with E-state index in [-0.39, 0.29) is 12.4 Å². The smallest absolute Gasteiger partial charge is 0.170 e. The van der Waals surface area contributed by atoms with Crippen LogP contribution < -0.4 is 21.9 Å². The standard InChI is InChI=1S/C13H23N2.ClH/c1-4-5-6-7-10-15-11-8-13(9-12-15)14(2)3;/h8-9,11-12H,4-7,10H2,1-3H3;1H/q+1;/p-1. The monoisotopic (exact) mass is 242 g/mol. The molecule has 0 radical (unpaired) electrons. The van der Waals surface area contributed by atoms with E-state index in [0.29, 0.717) is 0 Å². The van der Waals surface area contributed by atoms with Gasteiger partial charge in [0.2, 0.25) is 0 Å². The number of anilines is 1. The summed E-state index contributed by atoms with van der Waals surface area (Å²) in [5.41, 5.74) is 1.26. The number of pyridine rings is 1.